The lowest BCUT2D eigenvalue weighted by molar-refractivity contribution is -0.115. The molecule has 1 amide bonds. The van der Waals surface area contributed by atoms with E-state index >= 15 is 0 Å². The molecule has 140 valence electrons. The number of aromatic nitrogens is 2. The Labute approximate surface area is 156 Å². The monoisotopic (exact) mass is 368 g/mol. The minimum atomic E-state index is -0.395. The molecule has 27 heavy (non-hydrogen) atoms. The largest absolute Gasteiger partial charge is 0.492 e. The first-order chi connectivity index (χ1) is 13.1. The highest BCUT2D eigenvalue weighted by atomic mass is 19.1. The van der Waals surface area contributed by atoms with Crippen molar-refractivity contribution in [3.05, 3.63) is 66.1 Å². The van der Waals surface area contributed by atoms with Crippen LogP contribution >= 0.6 is 0 Å². The van der Waals surface area contributed by atoms with Crippen LogP contribution < -0.4 is 15.8 Å². The number of nitrogens with two attached hydrogens (primary N) is 1. The molecule has 0 saturated carbocycles. The predicted molar refractivity (Wildman–Crippen MR) is 102 cm³/mol. The summed E-state index contributed by atoms with van der Waals surface area (Å²) in [6, 6.07) is 13.4. The van der Waals surface area contributed by atoms with Gasteiger partial charge in [0.05, 0.1) is 12.1 Å². The lowest BCUT2D eigenvalue weighted by Crippen LogP contribution is -2.15. The summed E-state index contributed by atoms with van der Waals surface area (Å²) in [4.78, 5) is 12.3. The van der Waals surface area contributed by atoms with Gasteiger partial charge in [0.25, 0.3) is 0 Å². The van der Waals surface area contributed by atoms with Gasteiger partial charge in [-0.1, -0.05) is 18.2 Å². The fourth-order valence-electron chi connectivity index (χ4n) is 2.76. The van der Waals surface area contributed by atoms with Crippen LogP contribution in [-0.4, -0.2) is 28.8 Å². The smallest absolute Gasteiger partial charge is 0.228 e. The van der Waals surface area contributed by atoms with Crippen LogP contribution in [0, 0.1) is 5.82 Å². The Morgan fingerprint density at radius 1 is 1.26 bits per heavy atom. The number of benzene rings is 2. The van der Waals surface area contributed by atoms with Crippen molar-refractivity contribution in [3.8, 4) is 17.0 Å². The molecule has 1 aromatic heterocycles. The summed E-state index contributed by atoms with van der Waals surface area (Å²) in [6.45, 7) is 0.774. The van der Waals surface area contributed by atoms with Gasteiger partial charge in [-0.2, -0.15) is 5.10 Å². The first-order valence-electron chi connectivity index (χ1n) is 8.57. The van der Waals surface area contributed by atoms with Gasteiger partial charge in [-0.3, -0.25) is 9.48 Å². The van der Waals surface area contributed by atoms with E-state index in [1.54, 1.807) is 41.2 Å². The van der Waals surface area contributed by atoms with Gasteiger partial charge in [-0.25, -0.2) is 4.39 Å². The molecule has 1 heterocycles. The summed E-state index contributed by atoms with van der Waals surface area (Å²) in [7, 11) is 1.82. The number of rotatable bonds is 7. The topological polar surface area (TPSA) is 82.2 Å². The van der Waals surface area contributed by atoms with Crippen LogP contribution in [0.25, 0.3) is 11.3 Å². The number of halogens is 1. The zero-order valence-electron chi connectivity index (χ0n) is 15.0. The fraction of sp³-hybridized carbons (Fsp3) is 0.200. The number of carbonyl (C=O) groups is 1. The van der Waals surface area contributed by atoms with Crippen LogP contribution in [0.5, 0.6) is 5.75 Å². The Bertz CT molecular complexity index is 939. The van der Waals surface area contributed by atoms with Crippen molar-refractivity contribution in [1.82, 2.24) is 9.78 Å². The molecule has 7 heteroatoms. The van der Waals surface area contributed by atoms with Crippen LogP contribution in [0.2, 0.25) is 0 Å². The highest BCUT2D eigenvalue weighted by molar-refractivity contribution is 5.93. The Morgan fingerprint density at radius 2 is 2.07 bits per heavy atom. The lowest BCUT2D eigenvalue weighted by Gasteiger charge is -2.14. The third-order valence-corrected chi connectivity index (χ3v) is 4.04. The van der Waals surface area contributed by atoms with E-state index in [4.69, 9.17) is 10.5 Å². The molecule has 0 aliphatic carbocycles. The molecule has 6 nitrogen and oxygen atoms in total. The number of nitrogens with one attached hydrogen (secondary N) is 1. The molecule has 0 fully saturated rings. The molecule has 3 rings (SSSR count). The summed E-state index contributed by atoms with van der Waals surface area (Å²) >= 11 is 0. The van der Waals surface area contributed by atoms with Crippen molar-refractivity contribution in [3.63, 3.8) is 0 Å². The van der Waals surface area contributed by atoms with E-state index in [0.717, 1.165) is 11.3 Å². The highest BCUT2D eigenvalue weighted by Crippen LogP contribution is 2.32. The lowest BCUT2D eigenvalue weighted by atomic mass is 10.1. The zero-order valence-corrected chi connectivity index (χ0v) is 15.0. The van der Waals surface area contributed by atoms with Crippen molar-refractivity contribution in [2.24, 2.45) is 12.8 Å². The molecule has 0 spiro atoms. The summed E-state index contributed by atoms with van der Waals surface area (Å²) in [5.41, 5.74) is 8.09. The Morgan fingerprint density at radius 3 is 2.78 bits per heavy atom. The molecule has 3 aromatic rings. The Balaban J connectivity index is 1.83. The maximum absolute atomic E-state index is 13.7. The molecule has 0 bridgehead atoms. The number of aryl methyl sites for hydroxylation is 1. The first-order valence-corrected chi connectivity index (χ1v) is 8.57. The number of anilines is 1. The average molecular weight is 368 g/mol. The van der Waals surface area contributed by atoms with Gasteiger partial charge in [-0.05, 0) is 35.9 Å². The second-order valence-corrected chi connectivity index (χ2v) is 6.00. The van der Waals surface area contributed by atoms with E-state index < -0.39 is 5.82 Å². The van der Waals surface area contributed by atoms with Crippen molar-refractivity contribution in [2.75, 3.05) is 18.5 Å². The number of hydrogen-bond acceptors (Lipinski definition) is 4. The van der Waals surface area contributed by atoms with Crippen molar-refractivity contribution < 1.29 is 13.9 Å². The second kappa shape index (κ2) is 8.46. The minimum Gasteiger partial charge on any atom is -0.492 e. The van der Waals surface area contributed by atoms with Gasteiger partial charge in [0.2, 0.25) is 5.91 Å². The van der Waals surface area contributed by atoms with Crippen molar-refractivity contribution in [2.45, 2.75) is 6.42 Å². The molecule has 0 radical (unpaired) electrons. The molecule has 0 unspecified atom stereocenters. The number of hydrogen-bond donors (Lipinski definition) is 2. The summed E-state index contributed by atoms with van der Waals surface area (Å²) in [5.74, 6) is -0.0448. The van der Waals surface area contributed by atoms with Gasteiger partial charge >= 0.3 is 0 Å². The second-order valence-electron chi connectivity index (χ2n) is 6.00. The summed E-state index contributed by atoms with van der Waals surface area (Å²) < 4.78 is 21.2. The molecule has 2 aromatic carbocycles. The van der Waals surface area contributed by atoms with Gasteiger partial charge < -0.3 is 15.8 Å². The first kappa shape index (κ1) is 18.6. The average Bonchev–Trinajstić information content (AvgIpc) is 3.08. The fourth-order valence-corrected chi connectivity index (χ4v) is 2.76. The number of nitrogens with zero attached hydrogens (tertiary/aromatic N) is 2. The van der Waals surface area contributed by atoms with Crippen molar-refractivity contribution >= 4 is 11.6 Å². The van der Waals surface area contributed by atoms with Crippen molar-refractivity contribution in [1.29, 1.82) is 0 Å². The van der Waals surface area contributed by atoms with Gasteiger partial charge in [0, 0.05) is 31.0 Å². The van der Waals surface area contributed by atoms with Crippen LogP contribution in [0.4, 0.5) is 10.1 Å². The predicted octanol–water partition coefficient (Wildman–Crippen LogP) is 2.74. The van der Waals surface area contributed by atoms with Crippen LogP contribution in [0.15, 0.2) is 54.7 Å². The van der Waals surface area contributed by atoms with E-state index in [1.807, 2.05) is 19.2 Å². The third kappa shape index (κ3) is 4.51. The standard InChI is InChI=1S/C20H21FN4O2/c1-25-18(8-10-23-25)16-13-15(6-7-19(16)27-11-9-22)24-20(26)12-14-4-2-3-5-17(14)21/h2-8,10,13H,9,11-12,22H2,1H3,(H,24,26). The zero-order chi connectivity index (χ0) is 19.2. The van der Waals surface area contributed by atoms with Gasteiger partial charge in [0.15, 0.2) is 0 Å². The van der Waals surface area contributed by atoms with Gasteiger partial charge in [0.1, 0.15) is 18.2 Å². The highest BCUT2D eigenvalue weighted by Gasteiger charge is 2.13. The Kier molecular flexibility index (Phi) is 5.83. The van der Waals surface area contributed by atoms with Crippen LogP contribution in [-0.2, 0) is 18.3 Å². The molecule has 0 aliphatic heterocycles. The van der Waals surface area contributed by atoms with Crippen LogP contribution in [0.3, 0.4) is 0 Å². The van der Waals surface area contributed by atoms with E-state index in [1.165, 1.54) is 6.07 Å². The summed E-state index contributed by atoms with van der Waals surface area (Å²) in [6.07, 6.45) is 1.64. The maximum Gasteiger partial charge on any atom is 0.228 e. The molecule has 0 saturated heterocycles. The molecule has 0 atom stereocenters. The molecular formula is C20H21FN4O2. The van der Waals surface area contributed by atoms with Crippen LogP contribution in [0.1, 0.15) is 5.56 Å². The van der Waals surface area contributed by atoms with E-state index in [-0.39, 0.29) is 12.3 Å². The van der Waals surface area contributed by atoms with E-state index in [9.17, 15) is 9.18 Å². The normalized spacial score (nSPS) is 10.6. The SMILES string of the molecule is Cn1nccc1-c1cc(NC(=O)Cc2ccccc2F)ccc1OCCN. The van der Waals surface area contributed by atoms with Gasteiger partial charge in [-0.15, -0.1) is 0 Å². The van der Waals surface area contributed by atoms with E-state index in [2.05, 4.69) is 10.4 Å². The minimum absolute atomic E-state index is 0.0425. The van der Waals surface area contributed by atoms with E-state index in [0.29, 0.717) is 30.2 Å². The number of carbonyl (C=O) groups excluding carboxylic acids is 1. The quantitative estimate of drug-likeness (QED) is 0.672. The molecule has 0 aliphatic rings. The molecular weight excluding hydrogens is 347 g/mol. The molecule has 3 N–H and O–H groups in total. The summed E-state index contributed by atoms with van der Waals surface area (Å²) in [5, 5.41) is 6.99. The number of ether oxygens (including phenoxy) is 1. The maximum atomic E-state index is 13.7. The number of amides is 1. The Hall–Kier alpha value is -3.19. The third-order valence-electron chi connectivity index (χ3n) is 4.04.